The molecular weight excluding hydrogens is 374 g/mol. The SMILES string of the molecule is CC(=O)OC[C@H]1N[C@@H](c2c[nH]c3c(Cl)ncnc23)C(F)(F)[C@@H]1OC(C)=O. The van der Waals surface area contributed by atoms with Crippen molar-refractivity contribution in [3.05, 3.63) is 23.2 Å². The van der Waals surface area contributed by atoms with Crippen LogP contribution in [-0.4, -0.2) is 51.6 Å². The van der Waals surface area contributed by atoms with Crippen LogP contribution < -0.4 is 5.32 Å². The zero-order valence-corrected chi connectivity index (χ0v) is 14.5. The Morgan fingerprint density at radius 2 is 2.04 bits per heavy atom. The second-order valence-corrected chi connectivity index (χ2v) is 6.20. The Kier molecular flexibility index (Phi) is 4.80. The third-order valence-electron chi connectivity index (χ3n) is 4.03. The normalized spacial score (nSPS) is 24.6. The summed E-state index contributed by atoms with van der Waals surface area (Å²) in [5.74, 6) is -4.98. The molecule has 0 aromatic carbocycles. The maximum atomic E-state index is 15.0. The molecule has 3 rings (SSSR count). The molecule has 1 fully saturated rings. The summed E-state index contributed by atoms with van der Waals surface area (Å²) < 4.78 is 39.7. The van der Waals surface area contributed by atoms with Crippen LogP contribution >= 0.6 is 11.6 Å². The molecule has 0 spiro atoms. The van der Waals surface area contributed by atoms with Gasteiger partial charge in [0, 0.05) is 25.6 Å². The maximum Gasteiger partial charge on any atom is 0.305 e. The van der Waals surface area contributed by atoms with Crippen molar-refractivity contribution in [1.29, 1.82) is 0 Å². The van der Waals surface area contributed by atoms with Crippen molar-refractivity contribution < 1.29 is 27.8 Å². The highest BCUT2D eigenvalue weighted by Gasteiger charge is 2.60. The van der Waals surface area contributed by atoms with Crippen molar-refractivity contribution in [2.75, 3.05) is 6.61 Å². The van der Waals surface area contributed by atoms with Gasteiger partial charge in [-0.2, -0.15) is 0 Å². The van der Waals surface area contributed by atoms with Crippen LogP contribution in [0.1, 0.15) is 25.5 Å². The highest BCUT2D eigenvalue weighted by molar-refractivity contribution is 6.33. The number of rotatable bonds is 4. The zero-order valence-electron chi connectivity index (χ0n) is 13.8. The van der Waals surface area contributed by atoms with Gasteiger partial charge in [-0.15, -0.1) is 0 Å². The number of fused-ring (bicyclic) bond motifs is 1. The minimum Gasteiger partial charge on any atom is -0.464 e. The number of aromatic amines is 1. The number of halogens is 3. The van der Waals surface area contributed by atoms with Crippen LogP contribution in [0, 0.1) is 0 Å². The van der Waals surface area contributed by atoms with Crippen LogP contribution in [0.15, 0.2) is 12.5 Å². The molecule has 0 aliphatic carbocycles. The topological polar surface area (TPSA) is 106 Å². The van der Waals surface area contributed by atoms with Gasteiger partial charge in [0.15, 0.2) is 11.3 Å². The average molecular weight is 389 g/mol. The second kappa shape index (κ2) is 6.76. The lowest BCUT2D eigenvalue weighted by Gasteiger charge is -2.24. The largest absolute Gasteiger partial charge is 0.464 e. The molecule has 0 amide bonds. The number of alkyl halides is 2. The van der Waals surface area contributed by atoms with Crippen molar-refractivity contribution in [2.45, 2.75) is 38.0 Å². The molecule has 1 saturated heterocycles. The van der Waals surface area contributed by atoms with Crippen molar-refractivity contribution in [3.8, 4) is 0 Å². The molecule has 0 saturated carbocycles. The van der Waals surface area contributed by atoms with E-state index in [4.69, 9.17) is 21.1 Å². The summed E-state index contributed by atoms with van der Waals surface area (Å²) in [6.45, 7) is 1.81. The predicted molar refractivity (Wildman–Crippen MR) is 85.7 cm³/mol. The third-order valence-corrected chi connectivity index (χ3v) is 4.31. The number of hydrogen-bond acceptors (Lipinski definition) is 7. The van der Waals surface area contributed by atoms with Gasteiger partial charge in [0.05, 0.1) is 11.6 Å². The first-order valence-electron chi connectivity index (χ1n) is 7.63. The molecule has 1 aliphatic heterocycles. The third kappa shape index (κ3) is 3.21. The number of ether oxygens (including phenoxy) is 2. The van der Waals surface area contributed by atoms with Crippen molar-refractivity contribution in [1.82, 2.24) is 20.3 Å². The number of nitrogens with one attached hydrogen (secondary N) is 2. The molecule has 2 aromatic rings. The summed E-state index contributed by atoms with van der Waals surface area (Å²) in [4.78, 5) is 32.9. The fraction of sp³-hybridized carbons (Fsp3) is 0.467. The van der Waals surface area contributed by atoms with Crippen LogP contribution in [0.2, 0.25) is 5.15 Å². The van der Waals surface area contributed by atoms with Crippen molar-refractivity contribution in [2.24, 2.45) is 0 Å². The van der Waals surface area contributed by atoms with E-state index >= 15 is 8.78 Å². The molecule has 0 radical (unpaired) electrons. The van der Waals surface area contributed by atoms with E-state index in [2.05, 4.69) is 20.3 Å². The van der Waals surface area contributed by atoms with Crippen LogP contribution in [-0.2, 0) is 19.1 Å². The van der Waals surface area contributed by atoms with E-state index < -0.39 is 36.0 Å². The van der Waals surface area contributed by atoms with Gasteiger partial charge in [0.1, 0.15) is 24.5 Å². The maximum absolute atomic E-state index is 15.0. The van der Waals surface area contributed by atoms with E-state index in [0.717, 1.165) is 20.2 Å². The van der Waals surface area contributed by atoms with E-state index in [1.807, 2.05) is 0 Å². The molecule has 2 aromatic heterocycles. The van der Waals surface area contributed by atoms with Gasteiger partial charge in [-0.1, -0.05) is 11.6 Å². The number of hydrogen-bond donors (Lipinski definition) is 2. The molecular formula is C15H15ClF2N4O4. The Bertz CT molecular complexity index is 859. The lowest BCUT2D eigenvalue weighted by molar-refractivity contribution is -0.170. The molecule has 3 atom stereocenters. The number of carbonyl (C=O) groups is 2. The zero-order chi connectivity index (χ0) is 19.1. The summed E-state index contributed by atoms with van der Waals surface area (Å²) in [6.07, 6.45) is 0.691. The Morgan fingerprint density at radius 1 is 1.31 bits per heavy atom. The van der Waals surface area contributed by atoms with E-state index in [9.17, 15) is 9.59 Å². The van der Waals surface area contributed by atoms with Gasteiger partial charge in [-0.3, -0.25) is 14.9 Å². The summed E-state index contributed by atoms with van der Waals surface area (Å²) in [5.41, 5.74) is 0.669. The van der Waals surface area contributed by atoms with Crippen LogP contribution in [0.25, 0.3) is 11.0 Å². The Balaban J connectivity index is 1.99. The molecule has 2 N–H and O–H groups in total. The molecule has 140 valence electrons. The minimum atomic E-state index is -3.48. The number of carbonyl (C=O) groups excluding carboxylic acids is 2. The lowest BCUT2D eigenvalue weighted by Crippen LogP contribution is -2.43. The number of nitrogens with zero attached hydrogens (tertiary/aromatic N) is 2. The number of H-pyrrole nitrogens is 1. The van der Waals surface area contributed by atoms with E-state index in [0.29, 0.717) is 5.52 Å². The summed E-state index contributed by atoms with van der Waals surface area (Å²) in [7, 11) is 0. The summed E-state index contributed by atoms with van der Waals surface area (Å²) in [5, 5.41) is 2.77. The standard InChI is InChI=1S/C15H15ClF2N4O4/c1-6(23)25-4-9-13(26-7(2)24)15(17,18)12(22-9)8-3-19-11-10(8)20-5-21-14(11)16/h3,5,9,12-13,19,22H,4H2,1-2H3/t9-,12+,13-/m1/s1. The smallest absolute Gasteiger partial charge is 0.305 e. The van der Waals surface area contributed by atoms with Gasteiger partial charge in [-0.25, -0.2) is 18.7 Å². The highest BCUT2D eigenvalue weighted by atomic mass is 35.5. The monoisotopic (exact) mass is 388 g/mol. The fourth-order valence-corrected chi connectivity index (χ4v) is 3.16. The van der Waals surface area contributed by atoms with Gasteiger partial charge in [0.25, 0.3) is 0 Å². The molecule has 3 heterocycles. The molecule has 8 nitrogen and oxygen atoms in total. The lowest BCUT2D eigenvalue weighted by atomic mass is 10.0. The molecule has 11 heteroatoms. The summed E-state index contributed by atoms with van der Waals surface area (Å²) >= 11 is 5.94. The van der Waals surface area contributed by atoms with Crippen LogP contribution in [0.5, 0.6) is 0 Å². The minimum absolute atomic E-state index is 0.0931. The van der Waals surface area contributed by atoms with Crippen LogP contribution in [0.4, 0.5) is 8.78 Å². The Morgan fingerprint density at radius 3 is 2.69 bits per heavy atom. The Labute approximate surface area is 151 Å². The van der Waals surface area contributed by atoms with Gasteiger partial charge in [0.2, 0.25) is 0 Å². The highest BCUT2D eigenvalue weighted by Crippen LogP contribution is 2.44. The van der Waals surface area contributed by atoms with E-state index in [1.54, 1.807) is 0 Å². The molecule has 0 unspecified atom stereocenters. The van der Waals surface area contributed by atoms with Crippen molar-refractivity contribution in [3.63, 3.8) is 0 Å². The molecule has 26 heavy (non-hydrogen) atoms. The average Bonchev–Trinajstić information content (AvgIpc) is 3.06. The van der Waals surface area contributed by atoms with E-state index in [-0.39, 0.29) is 22.8 Å². The first-order chi connectivity index (χ1) is 12.2. The fourth-order valence-electron chi connectivity index (χ4n) is 2.97. The number of esters is 2. The van der Waals surface area contributed by atoms with Gasteiger partial charge >= 0.3 is 17.9 Å². The first-order valence-corrected chi connectivity index (χ1v) is 8.01. The second-order valence-electron chi connectivity index (χ2n) is 5.85. The van der Waals surface area contributed by atoms with Crippen LogP contribution in [0.3, 0.4) is 0 Å². The number of aromatic nitrogens is 3. The van der Waals surface area contributed by atoms with Crippen molar-refractivity contribution >= 4 is 34.6 Å². The Hall–Kier alpha value is -2.33. The first kappa shape index (κ1) is 18.5. The molecule has 0 bridgehead atoms. The van der Waals surface area contributed by atoms with E-state index in [1.165, 1.54) is 6.20 Å². The quantitative estimate of drug-likeness (QED) is 0.607. The molecule has 1 aliphatic rings. The van der Waals surface area contributed by atoms with Gasteiger partial charge < -0.3 is 14.5 Å². The summed E-state index contributed by atoms with van der Waals surface area (Å²) in [6, 6.07) is -2.63. The predicted octanol–water partition coefficient (Wildman–Crippen LogP) is 1.75. The van der Waals surface area contributed by atoms with Gasteiger partial charge in [-0.05, 0) is 0 Å².